The van der Waals surface area contributed by atoms with Crippen LogP contribution in [0.3, 0.4) is 0 Å². The molecule has 0 spiro atoms. The predicted molar refractivity (Wildman–Crippen MR) is 92.0 cm³/mol. The maximum absolute atomic E-state index is 5.99. The molecule has 0 aromatic rings. The zero-order chi connectivity index (χ0) is 16.4. The highest BCUT2D eigenvalue weighted by atomic mass is 16.6. The fraction of sp³-hybridized carbons (Fsp3) is 1.00. The lowest BCUT2D eigenvalue weighted by Crippen LogP contribution is -2.32. The summed E-state index contributed by atoms with van der Waals surface area (Å²) in [5, 5.41) is 0. The number of ether oxygens (including phenoxy) is 4. The quantitative estimate of drug-likeness (QED) is 0.635. The molecule has 24 heavy (non-hydrogen) atoms. The van der Waals surface area contributed by atoms with E-state index in [1.54, 1.807) is 0 Å². The highest BCUT2D eigenvalue weighted by molar-refractivity contribution is 4.84. The molecule has 0 aromatic heterocycles. The molecule has 4 aliphatic rings. The van der Waals surface area contributed by atoms with Gasteiger partial charge in [0.2, 0.25) is 0 Å². The smallest absolute Gasteiger partial charge is 0.104 e. The van der Waals surface area contributed by atoms with Gasteiger partial charge in [-0.2, -0.15) is 0 Å². The van der Waals surface area contributed by atoms with Crippen molar-refractivity contribution in [1.29, 1.82) is 0 Å². The summed E-state index contributed by atoms with van der Waals surface area (Å²) in [6, 6.07) is 0. The molecule has 0 radical (unpaired) electrons. The van der Waals surface area contributed by atoms with Crippen molar-refractivity contribution in [2.75, 3.05) is 26.4 Å². The Labute approximate surface area is 146 Å². The summed E-state index contributed by atoms with van der Waals surface area (Å²) in [7, 11) is 0. The summed E-state index contributed by atoms with van der Waals surface area (Å²) in [6.07, 6.45) is 12.2. The lowest BCUT2D eigenvalue weighted by molar-refractivity contribution is -0.0139. The Morgan fingerprint density at radius 3 is 1.42 bits per heavy atom. The van der Waals surface area contributed by atoms with E-state index in [9.17, 15) is 0 Å². The third kappa shape index (κ3) is 4.94. The molecule has 2 heterocycles. The number of rotatable bonds is 8. The molecule has 0 amide bonds. The molecule has 0 N–H and O–H groups in total. The predicted octanol–water partition coefficient (Wildman–Crippen LogP) is 3.57. The molecule has 2 aliphatic carbocycles. The Morgan fingerprint density at radius 1 is 0.708 bits per heavy atom. The summed E-state index contributed by atoms with van der Waals surface area (Å²) >= 11 is 0. The van der Waals surface area contributed by atoms with E-state index < -0.39 is 0 Å². The highest BCUT2D eigenvalue weighted by Gasteiger charge is 2.34. The van der Waals surface area contributed by atoms with Crippen LogP contribution in [0.1, 0.15) is 58.3 Å². The summed E-state index contributed by atoms with van der Waals surface area (Å²) in [5.74, 6) is 2.68. The Kier molecular flexibility index (Phi) is 5.77. The monoisotopic (exact) mass is 338 g/mol. The topological polar surface area (TPSA) is 43.5 Å². The van der Waals surface area contributed by atoms with Crippen molar-refractivity contribution in [3.8, 4) is 0 Å². The van der Waals surface area contributed by atoms with Crippen molar-refractivity contribution >= 4 is 0 Å². The van der Waals surface area contributed by atoms with Crippen LogP contribution >= 0.6 is 0 Å². The van der Waals surface area contributed by atoms with Gasteiger partial charge < -0.3 is 18.9 Å². The normalized spacial score (nSPS) is 43.4. The fourth-order valence-electron chi connectivity index (χ4n) is 4.76. The Hall–Kier alpha value is -0.160. The van der Waals surface area contributed by atoms with Gasteiger partial charge in [0.15, 0.2) is 0 Å². The maximum atomic E-state index is 5.99. The van der Waals surface area contributed by atoms with Gasteiger partial charge in [-0.3, -0.25) is 0 Å². The van der Waals surface area contributed by atoms with Crippen molar-refractivity contribution in [3.63, 3.8) is 0 Å². The second-order valence-corrected chi connectivity index (χ2v) is 8.51. The van der Waals surface area contributed by atoms with Gasteiger partial charge in [-0.25, -0.2) is 0 Å². The molecule has 2 aliphatic heterocycles. The van der Waals surface area contributed by atoms with E-state index in [0.29, 0.717) is 24.4 Å². The van der Waals surface area contributed by atoms with Crippen molar-refractivity contribution in [3.05, 3.63) is 0 Å². The first-order valence-corrected chi connectivity index (χ1v) is 10.2. The standard InChI is InChI=1S/C20H34O4/c1-14(15-2-6-17(7-3-15)21-10-19-12-23-19)16-4-8-18(9-5-16)22-11-20-13-24-20/h14-20H,2-13H2,1H3/t14?,15?,16?,17?,18?,19-,20?/m0/s1. The van der Waals surface area contributed by atoms with E-state index in [1.165, 1.54) is 51.4 Å². The molecular weight excluding hydrogens is 304 g/mol. The lowest BCUT2D eigenvalue weighted by Gasteiger charge is -2.39. The van der Waals surface area contributed by atoms with E-state index in [-0.39, 0.29) is 0 Å². The number of hydrogen-bond acceptors (Lipinski definition) is 4. The zero-order valence-corrected chi connectivity index (χ0v) is 15.2. The maximum Gasteiger partial charge on any atom is 0.104 e. The summed E-state index contributed by atoms with van der Waals surface area (Å²) < 4.78 is 22.5. The van der Waals surface area contributed by atoms with E-state index in [2.05, 4.69) is 6.92 Å². The second kappa shape index (κ2) is 8.03. The van der Waals surface area contributed by atoms with Crippen LogP contribution in [-0.2, 0) is 18.9 Å². The minimum atomic E-state index is 0.408. The molecule has 2 saturated carbocycles. The lowest BCUT2D eigenvalue weighted by atomic mass is 9.70. The van der Waals surface area contributed by atoms with Gasteiger partial charge in [0.25, 0.3) is 0 Å². The second-order valence-electron chi connectivity index (χ2n) is 8.51. The van der Waals surface area contributed by atoms with Crippen LogP contribution in [0, 0.1) is 17.8 Å². The van der Waals surface area contributed by atoms with Crippen molar-refractivity contribution in [2.24, 2.45) is 17.8 Å². The van der Waals surface area contributed by atoms with Crippen LogP contribution in [0.5, 0.6) is 0 Å². The molecule has 3 atom stereocenters. The Balaban J connectivity index is 1.13. The largest absolute Gasteiger partial charge is 0.375 e. The van der Waals surface area contributed by atoms with Gasteiger partial charge in [-0.15, -0.1) is 0 Å². The molecule has 4 fully saturated rings. The first-order chi connectivity index (χ1) is 11.8. The first kappa shape index (κ1) is 17.3. The Morgan fingerprint density at radius 2 is 1.08 bits per heavy atom. The van der Waals surface area contributed by atoms with Gasteiger partial charge in [-0.05, 0) is 69.1 Å². The molecular formula is C20H34O4. The molecule has 2 saturated heterocycles. The van der Waals surface area contributed by atoms with Crippen LogP contribution in [0.15, 0.2) is 0 Å². The average Bonchev–Trinajstić information content (AvgIpc) is 3.53. The van der Waals surface area contributed by atoms with Gasteiger partial charge in [0.05, 0.1) is 38.6 Å². The number of epoxide rings is 2. The van der Waals surface area contributed by atoms with E-state index in [1.807, 2.05) is 0 Å². The van der Waals surface area contributed by atoms with Crippen LogP contribution in [-0.4, -0.2) is 50.8 Å². The molecule has 4 heteroatoms. The minimum Gasteiger partial charge on any atom is -0.375 e. The van der Waals surface area contributed by atoms with Gasteiger partial charge in [-0.1, -0.05) is 6.92 Å². The molecule has 138 valence electrons. The summed E-state index contributed by atoms with van der Waals surface area (Å²) in [4.78, 5) is 0. The Bertz CT molecular complexity index is 341. The molecule has 4 nitrogen and oxygen atoms in total. The van der Waals surface area contributed by atoms with Crippen molar-refractivity contribution in [2.45, 2.75) is 82.7 Å². The van der Waals surface area contributed by atoms with E-state index in [4.69, 9.17) is 18.9 Å². The van der Waals surface area contributed by atoms with Crippen LogP contribution in [0.25, 0.3) is 0 Å². The van der Waals surface area contributed by atoms with Crippen LogP contribution in [0.4, 0.5) is 0 Å². The molecule has 2 unspecified atom stereocenters. The summed E-state index contributed by atoms with van der Waals surface area (Å²) in [5.41, 5.74) is 0. The molecule has 4 rings (SSSR count). The van der Waals surface area contributed by atoms with E-state index >= 15 is 0 Å². The first-order valence-electron chi connectivity index (χ1n) is 10.2. The van der Waals surface area contributed by atoms with Crippen LogP contribution < -0.4 is 0 Å². The van der Waals surface area contributed by atoms with Crippen molar-refractivity contribution in [1.82, 2.24) is 0 Å². The summed E-state index contributed by atoms with van der Waals surface area (Å²) in [6.45, 7) is 5.97. The van der Waals surface area contributed by atoms with Gasteiger partial charge in [0.1, 0.15) is 12.2 Å². The van der Waals surface area contributed by atoms with Gasteiger partial charge in [0, 0.05) is 0 Å². The molecule has 0 bridgehead atoms. The van der Waals surface area contributed by atoms with E-state index in [0.717, 1.165) is 44.2 Å². The minimum absolute atomic E-state index is 0.408. The average molecular weight is 338 g/mol. The fourth-order valence-corrected chi connectivity index (χ4v) is 4.76. The third-order valence-corrected chi connectivity index (χ3v) is 6.77. The van der Waals surface area contributed by atoms with Gasteiger partial charge >= 0.3 is 0 Å². The zero-order valence-electron chi connectivity index (χ0n) is 15.2. The van der Waals surface area contributed by atoms with Crippen molar-refractivity contribution < 1.29 is 18.9 Å². The third-order valence-electron chi connectivity index (χ3n) is 6.77. The van der Waals surface area contributed by atoms with Crippen LogP contribution in [0.2, 0.25) is 0 Å². The molecule has 0 aromatic carbocycles. The number of hydrogen-bond donors (Lipinski definition) is 0. The highest BCUT2D eigenvalue weighted by Crippen LogP contribution is 2.40. The SMILES string of the molecule is CC(C1CCC(OCC2CO2)CC1)C1CCC(OC[C@H]2CO2)CC1.